The lowest BCUT2D eigenvalue weighted by atomic mass is 10.1. The molecule has 2 aromatic rings. The molecule has 0 saturated carbocycles. The van der Waals surface area contributed by atoms with Crippen molar-refractivity contribution in [2.24, 2.45) is 0 Å². The molecule has 2 rings (SSSR count). The Balaban J connectivity index is 2.54. The molecule has 4 heteroatoms. The van der Waals surface area contributed by atoms with E-state index in [2.05, 4.69) is 4.98 Å². The molecule has 1 heterocycles. The molecule has 0 saturated heterocycles. The minimum atomic E-state index is 0.104. The quantitative estimate of drug-likeness (QED) is 0.766. The third-order valence-corrected chi connectivity index (χ3v) is 2.47. The Hall–Kier alpha value is -1.61. The molecule has 0 fully saturated rings. The van der Waals surface area contributed by atoms with Crippen molar-refractivity contribution < 1.29 is 9.21 Å². The van der Waals surface area contributed by atoms with Gasteiger partial charge in [0.25, 0.3) is 5.89 Å². The van der Waals surface area contributed by atoms with E-state index in [0.29, 0.717) is 29.2 Å². The summed E-state index contributed by atoms with van der Waals surface area (Å²) < 4.78 is 5.29. The first kappa shape index (κ1) is 10.9. The summed E-state index contributed by atoms with van der Waals surface area (Å²) in [6.45, 7) is 1.95. The summed E-state index contributed by atoms with van der Waals surface area (Å²) in [7, 11) is 0. The first-order valence-electron chi connectivity index (χ1n) is 4.95. The molecule has 82 valence electrons. The van der Waals surface area contributed by atoms with Gasteiger partial charge in [-0.05, 0) is 12.1 Å². The number of aromatic nitrogens is 1. The molecule has 0 aliphatic heterocycles. The number of nitrogens with zero attached hydrogens (tertiary/aromatic N) is 1. The monoisotopic (exact) mass is 235 g/mol. The Morgan fingerprint density at radius 3 is 2.94 bits per heavy atom. The topological polar surface area (TPSA) is 43.1 Å². The SMILES string of the molecule is CCc1oc(C=O)nc1-c1cccc(Cl)c1. The van der Waals surface area contributed by atoms with Gasteiger partial charge in [0, 0.05) is 17.0 Å². The van der Waals surface area contributed by atoms with E-state index in [1.165, 1.54) is 0 Å². The highest BCUT2D eigenvalue weighted by Crippen LogP contribution is 2.26. The summed E-state index contributed by atoms with van der Waals surface area (Å²) in [5.41, 5.74) is 1.55. The standard InChI is InChI=1S/C12H10ClNO2/c1-2-10-12(14-11(7-15)16-10)8-4-3-5-9(13)6-8/h3-7H,2H2,1H3. The molecular weight excluding hydrogens is 226 g/mol. The maximum atomic E-state index is 10.6. The van der Waals surface area contributed by atoms with Crippen LogP contribution >= 0.6 is 11.6 Å². The van der Waals surface area contributed by atoms with Crippen LogP contribution in [0.1, 0.15) is 23.4 Å². The molecule has 1 aromatic heterocycles. The van der Waals surface area contributed by atoms with E-state index in [0.717, 1.165) is 5.56 Å². The molecule has 1 aromatic carbocycles. The highest BCUT2D eigenvalue weighted by Gasteiger charge is 2.13. The van der Waals surface area contributed by atoms with Crippen LogP contribution in [0.15, 0.2) is 28.7 Å². The molecule has 0 bridgehead atoms. The Morgan fingerprint density at radius 2 is 2.31 bits per heavy atom. The molecule has 0 radical (unpaired) electrons. The summed E-state index contributed by atoms with van der Waals surface area (Å²) >= 11 is 5.90. The van der Waals surface area contributed by atoms with Crippen molar-refractivity contribution in [1.29, 1.82) is 0 Å². The van der Waals surface area contributed by atoms with Crippen molar-refractivity contribution in [3.63, 3.8) is 0 Å². The van der Waals surface area contributed by atoms with E-state index in [-0.39, 0.29) is 5.89 Å². The maximum absolute atomic E-state index is 10.6. The van der Waals surface area contributed by atoms with Crippen LogP contribution in [0, 0.1) is 0 Å². The van der Waals surface area contributed by atoms with E-state index in [1.54, 1.807) is 12.1 Å². The Morgan fingerprint density at radius 1 is 1.50 bits per heavy atom. The van der Waals surface area contributed by atoms with Gasteiger partial charge in [0.2, 0.25) is 6.29 Å². The van der Waals surface area contributed by atoms with Crippen molar-refractivity contribution in [2.75, 3.05) is 0 Å². The minimum Gasteiger partial charge on any atom is -0.438 e. The number of carbonyl (C=O) groups excluding carboxylic acids is 1. The third-order valence-electron chi connectivity index (χ3n) is 2.23. The average Bonchev–Trinajstić information content (AvgIpc) is 2.72. The highest BCUT2D eigenvalue weighted by atomic mass is 35.5. The van der Waals surface area contributed by atoms with Crippen LogP contribution < -0.4 is 0 Å². The number of carbonyl (C=O) groups is 1. The zero-order valence-electron chi connectivity index (χ0n) is 8.74. The zero-order chi connectivity index (χ0) is 11.5. The highest BCUT2D eigenvalue weighted by molar-refractivity contribution is 6.30. The first-order valence-corrected chi connectivity index (χ1v) is 5.33. The van der Waals surface area contributed by atoms with Gasteiger partial charge < -0.3 is 4.42 Å². The molecule has 3 nitrogen and oxygen atoms in total. The van der Waals surface area contributed by atoms with Crippen molar-refractivity contribution in [1.82, 2.24) is 4.98 Å². The molecule has 0 atom stereocenters. The molecule has 0 aliphatic rings. The molecule has 0 N–H and O–H groups in total. The van der Waals surface area contributed by atoms with Gasteiger partial charge in [-0.2, -0.15) is 0 Å². The van der Waals surface area contributed by atoms with E-state index < -0.39 is 0 Å². The van der Waals surface area contributed by atoms with Gasteiger partial charge >= 0.3 is 0 Å². The molecule has 0 amide bonds. The normalized spacial score (nSPS) is 10.4. The van der Waals surface area contributed by atoms with Crippen LogP contribution in [0.2, 0.25) is 5.02 Å². The van der Waals surface area contributed by atoms with Gasteiger partial charge in [0.05, 0.1) is 0 Å². The van der Waals surface area contributed by atoms with E-state index in [1.807, 2.05) is 19.1 Å². The Labute approximate surface area is 98.1 Å². The van der Waals surface area contributed by atoms with Crippen LogP contribution in [0.25, 0.3) is 11.3 Å². The van der Waals surface area contributed by atoms with Gasteiger partial charge in [-0.1, -0.05) is 30.7 Å². The number of benzene rings is 1. The van der Waals surface area contributed by atoms with Crippen LogP contribution in [0.4, 0.5) is 0 Å². The number of aryl methyl sites for hydroxylation is 1. The number of hydrogen-bond acceptors (Lipinski definition) is 3. The average molecular weight is 236 g/mol. The lowest BCUT2D eigenvalue weighted by Crippen LogP contribution is -1.84. The summed E-state index contributed by atoms with van der Waals surface area (Å²) in [6, 6.07) is 7.31. The van der Waals surface area contributed by atoms with Gasteiger partial charge in [-0.3, -0.25) is 4.79 Å². The second-order valence-corrected chi connectivity index (χ2v) is 3.74. The zero-order valence-corrected chi connectivity index (χ0v) is 9.49. The molecule has 0 spiro atoms. The number of aldehydes is 1. The predicted octanol–water partition coefficient (Wildman–Crippen LogP) is 3.37. The number of rotatable bonds is 3. The Kier molecular flexibility index (Phi) is 3.06. The largest absolute Gasteiger partial charge is 0.438 e. The van der Waals surface area contributed by atoms with Gasteiger partial charge in [0.1, 0.15) is 11.5 Å². The smallest absolute Gasteiger partial charge is 0.260 e. The Bertz CT molecular complexity index is 519. The fourth-order valence-electron chi connectivity index (χ4n) is 1.52. The second-order valence-electron chi connectivity index (χ2n) is 3.31. The molecule has 0 aliphatic carbocycles. The van der Waals surface area contributed by atoms with Crippen molar-refractivity contribution in [3.05, 3.63) is 40.9 Å². The number of oxazole rings is 1. The third kappa shape index (κ3) is 1.99. The summed E-state index contributed by atoms with van der Waals surface area (Å²) in [5, 5.41) is 0.634. The van der Waals surface area contributed by atoms with Crippen molar-refractivity contribution in [3.8, 4) is 11.3 Å². The first-order chi connectivity index (χ1) is 7.74. The lowest BCUT2D eigenvalue weighted by molar-refractivity contribution is 0.109. The molecular formula is C12H10ClNO2. The van der Waals surface area contributed by atoms with Crippen LogP contribution in [0.5, 0.6) is 0 Å². The van der Waals surface area contributed by atoms with Gasteiger partial charge in [0.15, 0.2) is 0 Å². The van der Waals surface area contributed by atoms with Crippen molar-refractivity contribution >= 4 is 17.9 Å². The summed E-state index contributed by atoms with van der Waals surface area (Å²) in [6.07, 6.45) is 1.29. The lowest BCUT2D eigenvalue weighted by Gasteiger charge is -1.98. The summed E-state index contributed by atoms with van der Waals surface area (Å²) in [5.74, 6) is 0.802. The van der Waals surface area contributed by atoms with Crippen LogP contribution in [-0.2, 0) is 6.42 Å². The van der Waals surface area contributed by atoms with E-state index >= 15 is 0 Å². The summed E-state index contributed by atoms with van der Waals surface area (Å²) in [4.78, 5) is 14.7. The predicted molar refractivity (Wildman–Crippen MR) is 61.7 cm³/mol. The maximum Gasteiger partial charge on any atom is 0.260 e. The fourth-order valence-corrected chi connectivity index (χ4v) is 1.71. The number of halogens is 1. The molecule has 16 heavy (non-hydrogen) atoms. The van der Waals surface area contributed by atoms with E-state index in [4.69, 9.17) is 16.0 Å². The van der Waals surface area contributed by atoms with Crippen molar-refractivity contribution in [2.45, 2.75) is 13.3 Å². The molecule has 0 unspecified atom stereocenters. The minimum absolute atomic E-state index is 0.104. The van der Waals surface area contributed by atoms with Crippen LogP contribution in [-0.4, -0.2) is 11.3 Å². The fraction of sp³-hybridized carbons (Fsp3) is 0.167. The number of hydrogen-bond donors (Lipinski definition) is 0. The van der Waals surface area contributed by atoms with Gasteiger partial charge in [-0.15, -0.1) is 0 Å². The second kappa shape index (κ2) is 4.49. The van der Waals surface area contributed by atoms with E-state index in [9.17, 15) is 4.79 Å². The van der Waals surface area contributed by atoms with Gasteiger partial charge in [-0.25, -0.2) is 4.98 Å². The van der Waals surface area contributed by atoms with Crippen LogP contribution in [0.3, 0.4) is 0 Å².